The Hall–Kier alpha value is -1.55. The Morgan fingerprint density at radius 3 is 2.20 bits per heavy atom. The van der Waals surface area contributed by atoms with Gasteiger partial charge in [0.2, 0.25) is 0 Å². The van der Waals surface area contributed by atoms with Crippen molar-refractivity contribution in [1.29, 1.82) is 0 Å². The Labute approximate surface area is 121 Å². The van der Waals surface area contributed by atoms with E-state index in [9.17, 15) is 4.79 Å². The summed E-state index contributed by atoms with van der Waals surface area (Å²) in [5.74, 6) is 0.557. The fourth-order valence-corrected chi connectivity index (χ4v) is 2.08. The maximum Gasteiger partial charge on any atom is 0.306 e. The highest BCUT2D eigenvalue weighted by Gasteiger charge is 2.34. The number of esters is 1. The molecule has 112 valence electrons. The van der Waals surface area contributed by atoms with E-state index in [0.29, 0.717) is 0 Å². The first-order valence-electron chi connectivity index (χ1n) is 6.89. The molecule has 4 nitrogen and oxygen atoms in total. The number of hydrogen-bond acceptors (Lipinski definition) is 4. The van der Waals surface area contributed by atoms with Gasteiger partial charge in [0.15, 0.2) is 0 Å². The van der Waals surface area contributed by atoms with Gasteiger partial charge >= 0.3 is 5.97 Å². The molecule has 1 aromatic rings. The summed E-state index contributed by atoms with van der Waals surface area (Å²) in [6.45, 7) is 7.85. The average molecular weight is 279 g/mol. The minimum atomic E-state index is -0.455. The molecular weight excluding hydrogens is 254 g/mol. The molecule has 0 aliphatic rings. The predicted octanol–water partition coefficient (Wildman–Crippen LogP) is 2.64. The number of rotatable bonds is 6. The third-order valence-electron chi connectivity index (χ3n) is 3.63. The van der Waals surface area contributed by atoms with Crippen LogP contribution < -0.4 is 10.5 Å². The van der Waals surface area contributed by atoms with Gasteiger partial charge in [-0.3, -0.25) is 4.79 Å². The van der Waals surface area contributed by atoms with E-state index in [-0.39, 0.29) is 24.5 Å². The zero-order valence-corrected chi connectivity index (χ0v) is 13.0. The average Bonchev–Trinajstić information content (AvgIpc) is 2.38. The molecule has 0 saturated carbocycles. The molecule has 1 rings (SSSR count). The second-order valence-corrected chi connectivity index (χ2v) is 5.65. The number of nitrogens with two attached hydrogens (primary N) is 1. The standard InChI is InChI=1S/C16H25NO3/c1-11(2)20-14-8-6-13(7-9-14)16(4,12(3)17)10-15(18)19-5/h6-9,11-12H,10,17H2,1-5H3. The second-order valence-electron chi connectivity index (χ2n) is 5.65. The van der Waals surface area contributed by atoms with Gasteiger partial charge in [-0.2, -0.15) is 0 Å². The lowest BCUT2D eigenvalue weighted by molar-refractivity contribution is -0.142. The lowest BCUT2D eigenvalue weighted by Gasteiger charge is -2.33. The number of benzene rings is 1. The van der Waals surface area contributed by atoms with Crippen LogP contribution >= 0.6 is 0 Å². The van der Waals surface area contributed by atoms with Crippen LogP contribution in [-0.4, -0.2) is 25.2 Å². The van der Waals surface area contributed by atoms with Crippen LogP contribution in [-0.2, 0) is 14.9 Å². The molecule has 2 atom stereocenters. The van der Waals surface area contributed by atoms with E-state index in [1.165, 1.54) is 7.11 Å². The number of hydrogen-bond donors (Lipinski definition) is 1. The van der Waals surface area contributed by atoms with Crippen molar-refractivity contribution in [3.8, 4) is 5.75 Å². The van der Waals surface area contributed by atoms with Crippen molar-refractivity contribution in [2.75, 3.05) is 7.11 Å². The summed E-state index contributed by atoms with van der Waals surface area (Å²) in [7, 11) is 1.39. The van der Waals surface area contributed by atoms with Gasteiger partial charge in [-0.15, -0.1) is 0 Å². The zero-order chi connectivity index (χ0) is 15.3. The van der Waals surface area contributed by atoms with Crippen molar-refractivity contribution < 1.29 is 14.3 Å². The lowest BCUT2D eigenvalue weighted by atomic mass is 9.74. The summed E-state index contributed by atoms with van der Waals surface area (Å²) < 4.78 is 10.4. The van der Waals surface area contributed by atoms with Gasteiger partial charge in [0.25, 0.3) is 0 Å². The van der Waals surface area contributed by atoms with E-state index in [2.05, 4.69) is 0 Å². The van der Waals surface area contributed by atoms with Crippen LogP contribution in [0.25, 0.3) is 0 Å². The predicted molar refractivity (Wildman–Crippen MR) is 79.8 cm³/mol. The van der Waals surface area contributed by atoms with Crippen LogP contribution in [0.3, 0.4) is 0 Å². The van der Waals surface area contributed by atoms with Gasteiger partial charge in [-0.25, -0.2) is 0 Å². The minimum Gasteiger partial charge on any atom is -0.491 e. The van der Waals surface area contributed by atoms with Crippen molar-refractivity contribution in [2.24, 2.45) is 5.73 Å². The summed E-state index contributed by atoms with van der Waals surface area (Å²) >= 11 is 0. The molecule has 0 radical (unpaired) electrons. The highest BCUT2D eigenvalue weighted by molar-refractivity contribution is 5.71. The van der Waals surface area contributed by atoms with Crippen molar-refractivity contribution in [2.45, 2.75) is 51.7 Å². The molecule has 0 aliphatic heterocycles. The van der Waals surface area contributed by atoms with E-state index in [1.54, 1.807) is 0 Å². The number of methoxy groups -OCH3 is 1. The molecule has 0 amide bonds. The van der Waals surface area contributed by atoms with Gasteiger partial charge in [0, 0.05) is 11.5 Å². The number of carbonyl (C=O) groups excluding carboxylic acids is 1. The molecule has 0 aliphatic carbocycles. The fourth-order valence-electron chi connectivity index (χ4n) is 2.08. The second kappa shape index (κ2) is 6.75. The maximum atomic E-state index is 11.6. The van der Waals surface area contributed by atoms with Crippen molar-refractivity contribution in [3.63, 3.8) is 0 Å². The molecular formula is C16H25NO3. The van der Waals surface area contributed by atoms with Crippen LogP contribution in [0, 0.1) is 0 Å². The van der Waals surface area contributed by atoms with Crippen molar-refractivity contribution in [1.82, 2.24) is 0 Å². The smallest absolute Gasteiger partial charge is 0.306 e. The van der Waals surface area contributed by atoms with Gasteiger partial charge in [-0.1, -0.05) is 19.1 Å². The van der Waals surface area contributed by atoms with E-state index < -0.39 is 5.41 Å². The van der Waals surface area contributed by atoms with Crippen LogP contribution in [0.15, 0.2) is 24.3 Å². The third-order valence-corrected chi connectivity index (χ3v) is 3.63. The van der Waals surface area contributed by atoms with Crippen LogP contribution in [0.2, 0.25) is 0 Å². The summed E-state index contributed by atoms with van der Waals surface area (Å²) in [5, 5.41) is 0. The van der Waals surface area contributed by atoms with Gasteiger partial charge in [0.1, 0.15) is 5.75 Å². The zero-order valence-electron chi connectivity index (χ0n) is 13.0. The summed E-state index contributed by atoms with van der Waals surface area (Å²) in [5.41, 5.74) is 6.64. The first-order valence-corrected chi connectivity index (χ1v) is 6.89. The molecule has 0 aromatic heterocycles. The molecule has 2 N–H and O–H groups in total. The van der Waals surface area contributed by atoms with Crippen LogP contribution in [0.1, 0.15) is 39.7 Å². The SMILES string of the molecule is COC(=O)CC(C)(c1ccc(OC(C)C)cc1)C(C)N. The summed E-state index contributed by atoms with van der Waals surface area (Å²) in [6, 6.07) is 7.58. The van der Waals surface area contributed by atoms with Crippen molar-refractivity contribution in [3.05, 3.63) is 29.8 Å². The lowest BCUT2D eigenvalue weighted by Crippen LogP contribution is -2.42. The van der Waals surface area contributed by atoms with Gasteiger partial charge < -0.3 is 15.2 Å². The first-order chi connectivity index (χ1) is 9.29. The molecule has 0 spiro atoms. The molecule has 0 bridgehead atoms. The van der Waals surface area contributed by atoms with Gasteiger partial charge in [0.05, 0.1) is 19.6 Å². The van der Waals surface area contributed by atoms with Crippen molar-refractivity contribution >= 4 is 5.97 Å². The maximum absolute atomic E-state index is 11.6. The Kier molecular flexibility index (Phi) is 5.57. The topological polar surface area (TPSA) is 61.5 Å². The van der Waals surface area contributed by atoms with Gasteiger partial charge in [-0.05, 0) is 38.5 Å². The molecule has 20 heavy (non-hydrogen) atoms. The quantitative estimate of drug-likeness (QED) is 0.813. The molecule has 4 heteroatoms. The fraction of sp³-hybridized carbons (Fsp3) is 0.562. The Morgan fingerprint density at radius 2 is 1.80 bits per heavy atom. The van der Waals surface area contributed by atoms with Crippen LogP contribution in [0.5, 0.6) is 5.75 Å². The van der Waals surface area contributed by atoms with E-state index in [0.717, 1.165) is 11.3 Å². The molecule has 2 unspecified atom stereocenters. The minimum absolute atomic E-state index is 0.135. The normalized spacial score (nSPS) is 15.6. The van der Waals surface area contributed by atoms with Crippen LogP contribution in [0.4, 0.5) is 0 Å². The molecule has 0 heterocycles. The summed E-state index contributed by atoms with van der Waals surface area (Å²) in [6.07, 6.45) is 0.390. The van der Waals surface area contributed by atoms with E-state index >= 15 is 0 Å². The Bertz CT molecular complexity index is 440. The van der Waals surface area contributed by atoms with E-state index in [4.69, 9.17) is 15.2 Å². The molecule has 1 aromatic carbocycles. The third kappa shape index (κ3) is 3.97. The summed E-state index contributed by atoms with van der Waals surface area (Å²) in [4.78, 5) is 11.6. The molecule has 0 fully saturated rings. The highest BCUT2D eigenvalue weighted by Crippen LogP contribution is 2.32. The highest BCUT2D eigenvalue weighted by atomic mass is 16.5. The van der Waals surface area contributed by atoms with E-state index in [1.807, 2.05) is 52.0 Å². The largest absolute Gasteiger partial charge is 0.491 e. The number of carbonyl (C=O) groups is 1. The Morgan fingerprint density at radius 1 is 1.25 bits per heavy atom. The Balaban J connectivity index is 3.00. The number of ether oxygens (including phenoxy) is 2. The molecule has 0 saturated heterocycles. The first kappa shape index (κ1) is 16.5. The monoisotopic (exact) mass is 279 g/mol.